The van der Waals surface area contributed by atoms with Crippen LogP contribution in [0.5, 0.6) is 0 Å². The molecule has 0 unspecified atom stereocenters. The van der Waals surface area contributed by atoms with E-state index in [0.29, 0.717) is 15.7 Å². The number of nitrogens with zero attached hydrogens (tertiary/aromatic N) is 1. The molecule has 0 saturated carbocycles. The number of piperidine rings is 1. The number of carbonyl (C=O) groups is 1. The highest BCUT2D eigenvalue weighted by Gasteiger charge is 2.40. The highest BCUT2D eigenvalue weighted by molar-refractivity contribution is 7.89. The third-order valence-corrected chi connectivity index (χ3v) is 7.34. The first-order chi connectivity index (χ1) is 14.0. The van der Waals surface area contributed by atoms with E-state index in [0.717, 1.165) is 22.5 Å². The highest BCUT2D eigenvalue weighted by atomic mass is 35.5. The van der Waals surface area contributed by atoms with E-state index in [-0.39, 0.29) is 31.8 Å². The summed E-state index contributed by atoms with van der Waals surface area (Å²) in [5.41, 5.74) is -0.871. The minimum absolute atomic E-state index is 0.0735. The minimum atomic E-state index is -4.79. The summed E-state index contributed by atoms with van der Waals surface area (Å²) >= 11 is 11.9. The van der Waals surface area contributed by atoms with Gasteiger partial charge in [0, 0.05) is 24.0 Å². The molecule has 0 spiro atoms. The first-order valence-electron chi connectivity index (χ1n) is 8.92. The van der Waals surface area contributed by atoms with Crippen LogP contribution in [-0.4, -0.2) is 31.7 Å². The third-order valence-electron chi connectivity index (χ3n) is 4.82. The molecule has 1 aliphatic rings. The van der Waals surface area contributed by atoms with Gasteiger partial charge in [-0.1, -0.05) is 35.3 Å². The van der Waals surface area contributed by atoms with Gasteiger partial charge in [0.05, 0.1) is 21.2 Å². The average molecular weight is 481 g/mol. The summed E-state index contributed by atoms with van der Waals surface area (Å²) in [5, 5.41) is 3.35. The van der Waals surface area contributed by atoms with Gasteiger partial charge in [0.15, 0.2) is 0 Å². The molecule has 1 heterocycles. The Morgan fingerprint density at radius 3 is 2.33 bits per heavy atom. The van der Waals surface area contributed by atoms with Crippen LogP contribution < -0.4 is 5.32 Å². The monoisotopic (exact) mass is 480 g/mol. The maximum absolute atomic E-state index is 13.2. The summed E-state index contributed by atoms with van der Waals surface area (Å²) in [6.45, 7) is -0.147. The molecule has 1 N–H and O–H groups in total. The minimum Gasteiger partial charge on any atom is -0.324 e. The second kappa shape index (κ2) is 8.74. The molecule has 0 radical (unpaired) electrons. The van der Waals surface area contributed by atoms with Gasteiger partial charge in [0.25, 0.3) is 0 Å². The van der Waals surface area contributed by atoms with Gasteiger partial charge in [0.1, 0.15) is 0 Å². The average Bonchev–Trinajstić information content (AvgIpc) is 2.70. The van der Waals surface area contributed by atoms with Crippen molar-refractivity contribution in [2.45, 2.75) is 23.9 Å². The van der Waals surface area contributed by atoms with Crippen LogP contribution in [0.15, 0.2) is 47.4 Å². The van der Waals surface area contributed by atoms with Crippen molar-refractivity contribution in [3.63, 3.8) is 0 Å². The number of hydrogen-bond donors (Lipinski definition) is 1. The van der Waals surface area contributed by atoms with Crippen LogP contribution in [0.3, 0.4) is 0 Å². The smallest absolute Gasteiger partial charge is 0.324 e. The van der Waals surface area contributed by atoms with Crippen LogP contribution in [-0.2, 0) is 21.0 Å². The van der Waals surface area contributed by atoms with Crippen molar-refractivity contribution in [3.8, 4) is 0 Å². The zero-order valence-electron chi connectivity index (χ0n) is 15.4. The van der Waals surface area contributed by atoms with Gasteiger partial charge < -0.3 is 5.32 Å². The van der Waals surface area contributed by atoms with Gasteiger partial charge >= 0.3 is 6.18 Å². The predicted octanol–water partition coefficient (Wildman–Crippen LogP) is 5.05. The lowest BCUT2D eigenvalue weighted by atomic mass is 9.97. The lowest BCUT2D eigenvalue weighted by Crippen LogP contribution is -2.41. The number of hydrogen-bond acceptors (Lipinski definition) is 3. The number of nitrogens with one attached hydrogen (secondary N) is 1. The Bertz CT molecular complexity index is 1050. The molecule has 0 atom stereocenters. The van der Waals surface area contributed by atoms with Crippen LogP contribution in [0.2, 0.25) is 10.0 Å². The quantitative estimate of drug-likeness (QED) is 0.665. The van der Waals surface area contributed by atoms with Gasteiger partial charge in [-0.05, 0) is 43.2 Å². The van der Waals surface area contributed by atoms with E-state index in [1.54, 1.807) is 6.07 Å². The van der Waals surface area contributed by atoms with Gasteiger partial charge in [-0.2, -0.15) is 17.5 Å². The van der Waals surface area contributed by atoms with Gasteiger partial charge in [-0.25, -0.2) is 8.42 Å². The van der Waals surface area contributed by atoms with Crippen molar-refractivity contribution in [2.75, 3.05) is 18.4 Å². The van der Waals surface area contributed by atoms with Gasteiger partial charge in [-0.3, -0.25) is 4.79 Å². The van der Waals surface area contributed by atoms with E-state index in [1.807, 2.05) is 0 Å². The van der Waals surface area contributed by atoms with E-state index >= 15 is 0 Å². The fourth-order valence-electron chi connectivity index (χ4n) is 3.25. The molecule has 2 aromatic rings. The van der Waals surface area contributed by atoms with E-state index in [2.05, 4.69) is 5.32 Å². The predicted molar refractivity (Wildman–Crippen MR) is 108 cm³/mol. The molecular weight excluding hydrogens is 464 g/mol. The molecule has 162 valence electrons. The fraction of sp³-hybridized carbons (Fsp3) is 0.316. The maximum Gasteiger partial charge on any atom is 0.417 e. The second-order valence-corrected chi connectivity index (χ2v) is 9.54. The summed E-state index contributed by atoms with van der Waals surface area (Å²) in [6.07, 6.45) is -4.47. The lowest BCUT2D eigenvalue weighted by Gasteiger charge is -2.31. The SMILES string of the molecule is O=C(Nc1cc(Cl)ccc1Cl)C1CCN(S(=O)(=O)c2ccccc2C(F)(F)F)CC1. The molecule has 2 aromatic carbocycles. The first kappa shape index (κ1) is 22.9. The number of benzene rings is 2. The maximum atomic E-state index is 13.2. The summed E-state index contributed by atoms with van der Waals surface area (Å²) in [5.74, 6) is -0.865. The number of alkyl halides is 3. The van der Waals surface area contributed by atoms with E-state index < -0.39 is 32.6 Å². The third kappa shape index (κ3) is 4.91. The zero-order valence-corrected chi connectivity index (χ0v) is 17.7. The molecule has 0 bridgehead atoms. The van der Waals surface area contributed by atoms with E-state index in [9.17, 15) is 26.4 Å². The summed E-state index contributed by atoms with van der Waals surface area (Å²) in [6, 6.07) is 8.67. The molecule has 1 fully saturated rings. The number of sulfonamides is 1. The van der Waals surface area contributed by atoms with E-state index in [4.69, 9.17) is 23.2 Å². The number of amides is 1. The number of carbonyl (C=O) groups excluding carboxylic acids is 1. The number of anilines is 1. The second-order valence-electron chi connectivity index (χ2n) is 6.79. The molecule has 1 amide bonds. The van der Waals surface area contributed by atoms with Crippen molar-refractivity contribution in [2.24, 2.45) is 5.92 Å². The van der Waals surface area contributed by atoms with Crippen molar-refractivity contribution in [1.29, 1.82) is 0 Å². The van der Waals surface area contributed by atoms with E-state index in [1.165, 1.54) is 18.2 Å². The molecule has 0 aliphatic carbocycles. The largest absolute Gasteiger partial charge is 0.417 e. The fourth-order valence-corrected chi connectivity index (χ4v) is 5.27. The van der Waals surface area contributed by atoms with Gasteiger partial charge in [0.2, 0.25) is 15.9 Å². The Kier molecular flexibility index (Phi) is 6.66. The Hall–Kier alpha value is -1.81. The normalized spacial score (nSPS) is 16.4. The van der Waals surface area contributed by atoms with Crippen LogP contribution in [0, 0.1) is 5.92 Å². The summed E-state index contributed by atoms with van der Waals surface area (Å²) in [7, 11) is -4.35. The molecule has 0 aromatic heterocycles. The van der Waals surface area contributed by atoms with Gasteiger partial charge in [-0.15, -0.1) is 0 Å². The Morgan fingerprint density at radius 1 is 1.07 bits per heavy atom. The number of halogens is 5. The first-order valence-corrected chi connectivity index (χ1v) is 11.1. The van der Waals surface area contributed by atoms with Crippen molar-refractivity contribution in [1.82, 2.24) is 4.31 Å². The van der Waals surface area contributed by atoms with Crippen LogP contribution >= 0.6 is 23.2 Å². The Labute approximate surface area is 181 Å². The molecule has 11 heteroatoms. The van der Waals surface area contributed by atoms with Crippen LogP contribution in [0.4, 0.5) is 18.9 Å². The Morgan fingerprint density at radius 2 is 1.70 bits per heavy atom. The zero-order chi connectivity index (χ0) is 22.1. The summed E-state index contributed by atoms with van der Waals surface area (Å²) in [4.78, 5) is 11.7. The van der Waals surface area contributed by atoms with Crippen molar-refractivity contribution in [3.05, 3.63) is 58.1 Å². The van der Waals surface area contributed by atoms with Crippen LogP contribution in [0.25, 0.3) is 0 Å². The Balaban J connectivity index is 1.71. The molecule has 3 rings (SSSR count). The molecular formula is C19H17Cl2F3N2O3S. The molecule has 30 heavy (non-hydrogen) atoms. The highest BCUT2D eigenvalue weighted by Crippen LogP contribution is 2.36. The van der Waals surface area contributed by atoms with Crippen LogP contribution in [0.1, 0.15) is 18.4 Å². The molecule has 1 aliphatic heterocycles. The number of rotatable bonds is 4. The molecule has 1 saturated heterocycles. The molecule has 5 nitrogen and oxygen atoms in total. The summed E-state index contributed by atoms with van der Waals surface area (Å²) < 4.78 is 66.3. The van der Waals surface area contributed by atoms with Crippen molar-refractivity contribution < 1.29 is 26.4 Å². The standard InChI is InChI=1S/C19H17Cl2F3N2O3S/c20-13-5-6-15(21)16(11-13)25-18(27)12-7-9-26(10-8-12)30(28,29)17-4-2-1-3-14(17)19(22,23)24/h1-6,11-12H,7-10H2,(H,25,27). The topological polar surface area (TPSA) is 66.5 Å². The lowest BCUT2D eigenvalue weighted by molar-refractivity contribution is -0.139. The van der Waals surface area contributed by atoms with Crippen molar-refractivity contribution >= 4 is 44.8 Å².